The molecule has 0 aromatic rings. The van der Waals surface area contributed by atoms with Crippen LogP contribution in [0.1, 0.15) is 26.2 Å². The summed E-state index contributed by atoms with van der Waals surface area (Å²) in [5, 5.41) is 8.46. The summed E-state index contributed by atoms with van der Waals surface area (Å²) >= 11 is 0. The van der Waals surface area contributed by atoms with Crippen molar-refractivity contribution in [2.45, 2.75) is 32.2 Å². The Kier molecular flexibility index (Phi) is 2.70. The molecule has 0 aromatic heterocycles. The molecule has 1 saturated heterocycles. The van der Waals surface area contributed by atoms with Crippen molar-refractivity contribution in [3.05, 3.63) is 0 Å². The normalized spacial score (nSPS) is 21.2. The van der Waals surface area contributed by atoms with E-state index in [4.69, 9.17) is 5.26 Å². The molecular weight excluding hydrogens is 124 g/mol. The van der Waals surface area contributed by atoms with Gasteiger partial charge >= 0.3 is 0 Å². The molecule has 0 amide bonds. The molecule has 1 rings (SSSR count). The van der Waals surface area contributed by atoms with Crippen LogP contribution in [0.25, 0.3) is 0 Å². The van der Waals surface area contributed by atoms with E-state index < -0.39 is 0 Å². The minimum absolute atomic E-state index is 0.541. The van der Waals surface area contributed by atoms with E-state index >= 15 is 0 Å². The van der Waals surface area contributed by atoms with E-state index in [1.54, 1.807) is 0 Å². The Bertz CT molecular complexity index is 133. The third-order valence-corrected chi connectivity index (χ3v) is 2.21. The lowest BCUT2D eigenvalue weighted by molar-refractivity contribution is 0.117. The second-order valence-corrected chi connectivity index (χ2v) is 2.81. The largest absolute Gasteiger partial charge is 0.299 e. The van der Waals surface area contributed by atoms with E-state index in [1.807, 2.05) is 0 Å². The molecule has 1 fully saturated rings. The lowest BCUT2D eigenvalue weighted by Crippen LogP contribution is -2.44. The first-order valence-corrected chi connectivity index (χ1v) is 3.99. The van der Waals surface area contributed by atoms with E-state index in [9.17, 15) is 0 Å². The number of likely N-dealkylation sites (tertiary alicyclic amines) is 1. The summed E-state index contributed by atoms with van der Waals surface area (Å²) in [6.07, 6.45) is 3.14. The van der Waals surface area contributed by atoms with Gasteiger partial charge in [-0.25, -0.2) is 0 Å². The molecule has 1 unspecified atom stereocenters. The molecule has 1 heterocycles. The minimum Gasteiger partial charge on any atom is -0.299 e. The van der Waals surface area contributed by atoms with Gasteiger partial charge in [-0.05, 0) is 25.9 Å². The third kappa shape index (κ3) is 1.48. The molecule has 0 spiro atoms. The summed E-state index contributed by atoms with van der Waals surface area (Å²) in [6, 6.07) is 2.77. The van der Waals surface area contributed by atoms with Crippen LogP contribution in [0, 0.1) is 11.3 Å². The predicted molar refractivity (Wildman–Crippen MR) is 40.5 cm³/mol. The summed E-state index contributed by atoms with van der Waals surface area (Å²) < 4.78 is 0. The average Bonchev–Trinajstić information content (AvgIpc) is 1.83. The fourth-order valence-corrected chi connectivity index (χ4v) is 1.34. The van der Waals surface area contributed by atoms with Crippen molar-refractivity contribution in [1.82, 2.24) is 4.90 Å². The van der Waals surface area contributed by atoms with Gasteiger partial charge in [0.05, 0.1) is 12.5 Å². The first-order valence-electron chi connectivity index (χ1n) is 3.99. The topological polar surface area (TPSA) is 27.0 Å². The number of hydrogen-bond donors (Lipinski definition) is 0. The van der Waals surface area contributed by atoms with Crippen molar-refractivity contribution >= 4 is 0 Å². The molecule has 1 atom stereocenters. The zero-order valence-corrected chi connectivity index (χ0v) is 6.51. The highest BCUT2D eigenvalue weighted by Gasteiger charge is 2.21. The number of nitriles is 1. The van der Waals surface area contributed by atoms with Crippen LogP contribution >= 0.6 is 0 Å². The maximum atomic E-state index is 8.46. The second-order valence-electron chi connectivity index (χ2n) is 2.81. The number of nitrogens with zero attached hydrogens (tertiary/aromatic N) is 2. The standard InChI is InChI=1S/C8H14N2/c1-2-8(4-5-9)10-6-3-7-10/h8H,2-4,6-7H2,1H3. The van der Waals surface area contributed by atoms with Crippen molar-refractivity contribution in [3.8, 4) is 6.07 Å². The Labute approximate surface area is 62.4 Å². The maximum absolute atomic E-state index is 8.46. The van der Waals surface area contributed by atoms with Gasteiger partial charge in [0.1, 0.15) is 0 Å². The molecular formula is C8H14N2. The Morgan fingerprint density at radius 2 is 2.30 bits per heavy atom. The quantitative estimate of drug-likeness (QED) is 0.589. The zero-order valence-electron chi connectivity index (χ0n) is 6.51. The van der Waals surface area contributed by atoms with Gasteiger partial charge < -0.3 is 0 Å². The van der Waals surface area contributed by atoms with E-state index in [0.717, 1.165) is 6.42 Å². The Hall–Kier alpha value is -0.550. The van der Waals surface area contributed by atoms with Crippen molar-refractivity contribution in [3.63, 3.8) is 0 Å². The van der Waals surface area contributed by atoms with E-state index in [2.05, 4.69) is 17.9 Å². The second kappa shape index (κ2) is 3.58. The summed E-state index contributed by atoms with van der Waals surface area (Å²) in [7, 11) is 0. The van der Waals surface area contributed by atoms with E-state index in [0.29, 0.717) is 12.5 Å². The maximum Gasteiger partial charge on any atom is 0.0638 e. The monoisotopic (exact) mass is 138 g/mol. The zero-order chi connectivity index (χ0) is 7.40. The van der Waals surface area contributed by atoms with Crippen molar-refractivity contribution in [2.24, 2.45) is 0 Å². The van der Waals surface area contributed by atoms with Gasteiger partial charge in [0, 0.05) is 6.04 Å². The molecule has 56 valence electrons. The minimum atomic E-state index is 0.541. The van der Waals surface area contributed by atoms with Gasteiger partial charge in [-0.1, -0.05) is 6.92 Å². The molecule has 2 heteroatoms. The van der Waals surface area contributed by atoms with Crippen LogP contribution in [0.15, 0.2) is 0 Å². The van der Waals surface area contributed by atoms with Crippen LogP contribution in [0.3, 0.4) is 0 Å². The average molecular weight is 138 g/mol. The van der Waals surface area contributed by atoms with Crippen molar-refractivity contribution in [2.75, 3.05) is 13.1 Å². The highest BCUT2D eigenvalue weighted by Crippen LogP contribution is 2.15. The van der Waals surface area contributed by atoms with Gasteiger partial charge in [-0.15, -0.1) is 0 Å². The number of hydrogen-bond acceptors (Lipinski definition) is 2. The smallest absolute Gasteiger partial charge is 0.0638 e. The van der Waals surface area contributed by atoms with Crippen molar-refractivity contribution in [1.29, 1.82) is 5.26 Å². The summed E-state index contributed by atoms with van der Waals surface area (Å²) in [4.78, 5) is 2.39. The molecule has 1 aliphatic rings. The predicted octanol–water partition coefficient (Wildman–Crippen LogP) is 1.38. The van der Waals surface area contributed by atoms with Gasteiger partial charge in [0.15, 0.2) is 0 Å². The molecule has 10 heavy (non-hydrogen) atoms. The van der Waals surface area contributed by atoms with Crippen molar-refractivity contribution < 1.29 is 0 Å². The molecule has 0 N–H and O–H groups in total. The van der Waals surface area contributed by atoms with Crippen LogP contribution in [0.4, 0.5) is 0 Å². The third-order valence-electron chi connectivity index (χ3n) is 2.21. The Morgan fingerprint density at radius 3 is 2.60 bits per heavy atom. The van der Waals surface area contributed by atoms with Crippen LogP contribution in [0.5, 0.6) is 0 Å². The first kappa shape index (κ1) is 7.56. The van der Waals surface area contributed by atoms with Crippen LogP contribution in [0.2, 0.25) is 0 Å². The molecule has 0 saturated carbocycles. The first-order chi connectivity index (χ1) is 4.88. The summed E-state index contributed by atoms with van der Waals surface area (Å²) in [6.45, 7) is 4.57. The highest BCUT2D eigenvalue weighted by molar-refractivity contribution is 4.85. The van der Waals surface area contributed by atoms with E-state index in [-0.39, 0.29) is 0 Å². The fourth-order valence-electron chi connectivity index (χ4n) is 1.34. The fraction of sp³-hybridized carbons (Fsp3) is 0.875. The lowest BCUT2D eigenvalue weighted by Gasteiger charge is -2.36. The van der Waals surface area contributed by atoms with Crippen LogP contribution < -0.4 is 0 Å². The van der Waals surface area contributed by atoms with E-state index in [1.165, 1.54) is 19.5 Å². The SMILES string of the molecule is CCC(CC#N)N1CCC1. The molecule has 0 aliphatic carbocycles. The van der Waals surface area contributed by atoms with Gasteiger partial charge in [-0.3, -0.25) is 4.90 Å². The Balaban J connectivity index is 2.26. The molecule has 0 radical (unpaired) electrons. The van der Waals surface area contributed by atoms with Gasteiger partial charge in [0.25, 0.3) is 0 Å². The van der Waals surface area contributed by atoms with Crippen LogP contribution in [-0.2, 0) is 0 Å². The molecule has 0 aromatic carbocycles. The highest BCUT2D eigenvalue weighted by atomic mass is 15.2. The van der Waals surface area contributed by atoms with Gasteiger partial charge in [-0.2, -0.15) is 5.26 Å². The molecule has 1 aliphatic heterocycles. The summed E-state index contributed by atoms with van der Waals surface area (Å²) in [5.41, 5.74) is 0. The molecule has 2 nitrogen and oxygen atoms in total. The van der Waals surface area contributed by atoms with Crippen LogP contribution in [-0.4, -0.2) is 24.0 Å². The van der Waals surface area contributed by atoms with Gasteiger partial charge in [0.2, 0.25) is 0 Å². The molecule has 0 bridgehead atoms. The lowest BCUT2D eigenvalue weighted by atomic mass is 10.1. The summed E-state index contributed by atoms with van der Waals surface area (Å²) in [5.74, 6) is 0. The number of rotatable bonds is 3. The Morgan fingerprint density at radius 1 is 1.60 bits per heavy atom.